The van der Waals surface area contributed by atoms with E-state index in [0.29, 0.717) is 18.9 Å². The molecule has 0 bridgehead atoms. The number of amides is 1. The van der Waals surface area contributed by atoms with E-state index in [9.17, 15) is 9.18 Å². The van der Waals surface area contributed by atoms with Gasteiger partial charge in [0.1, 0.15) is 12.1 Å². The lowest BCUT2D eigenvalue weighted by atomic mass is 10.0. The van der Waals surface area contributed by atoms with Gasteiger partial charge in [0.05, 0.1) is 11.6 Å². The fraction of sp³-hybridized carbons (Fsp3) is 0.333. The summed E-state index contributed by atoms with van der Waals surface area (Å²) in [7, 11) is 0. The van der Waals surface area contributed by atoms with Crippen LogP contribution in [0.2, 0.25) is 0 Å². The van der Waals surface area contributed by atoms with Crippen LogP contribution in [0.15, 0.2) is 34.9 Å². The highest BCUT2D eigenvalue weighted by atomic mass is 19.1. The van der Waals surface area contributed by atoms with E-state index < -0.39 is 0 Å². The van der Waals surface area contributed by atoms with Crippen molar-refractivity contribution in [3.8, 4) is 11.5 Å². The van der Waals surface area contributed by atoms with Crippen LogP contribution in [0, 0.1) is 11.7 Å². The topological polar surface area (TPSA) is 67.2 Å². The lowest BCUT2D eigenvalue weighted by Gasteiger charge is -2.25. The minimum atomic E-state index is -0.293. The van der Waals surface area contributed by atoms with Crippen molar-refractivity contribution >= 4 is 5.91 Å². The summed E-state index contributed by atoms with van der Waals surface area (Å²) in [4.78, 5) is 16.0. The molecule has 0 saturated carbocycles. The molecule has 6 heteroatoms. The molecule has 0 atom stereocenters. The van der Waals surface area contributed by atoms with Crippen LogP contribution >= 0.6 is 0 Å². The number of hydrogen-bond donors (Lipinski definition) is 2. The summed E-state index contributed by atoms with van der Waals surface area (Å²) in [5, 5.41) is 5.94. The zero-order chi connectivity index (χ0) is 14.7. The van der Waals surface area contributed by atoms with Crippen LogP contribution in [-0.2, 0) is 11.2 Å². The minimum Gasteiger partial charge on any atom is -0.444 e. The minimum absolute atomic E-state index is 0.0796. The third-order valence-corrected chi connectivity index (χ3v) is 3.48. The molecular weight excluding hydrogens is 273 g/mol. The Hall–Kier alpha value is -2.21. The monoisotopic (exact) mass is 289 g/mol. The summed E-state index contributed by atoms with van der Waals surface area (Å²) in [5.41, 5.74) is 1.49. The molecule has 2 aromatic rings. The van der Waals surface area contributed by atoms with E-state index in [2.05, 4.69) is 15.6 Å². The molecule has 1 fully saturated rings. The lowest BCUT2D eigenvalue weighted by molar-refractivity contribution is -0.126. The first-order chi connectivity index (χ1) is 10.2. The van der Waals surface area contributed by atoms with Crippen LogP contribution in [0.25, 0.3) is 11.5 Å². The van der Waals surface area contributed by atoms with Crippen LogP contribution in [0.5, 0.6) is 0 Å². The molecule has 0 radical (unpaired) electrons. The molecule has 1 aliphatic heterocycles. The normalized spacial score (nSPS) is 14.7. The zero-order valence-electron chi connectivity index (χ0n) is 11.4. The highest BCUT2D eigenvalue weighted by molar-refractivity contribution is 5.79. The van der Waals surface area contributed by atoms with Gasteiger partial charge in [-0.3, -0.25) is 4.79 Å². The molecule has 0 aliphatic carbocycles. The number of nitrogens with one attached hydrogen (secondary N) is 2. The first-order valence-electron chi connectivity index (χ1n) is 6.91. The zero-order valence-corrected chi connectivity index (χ0v) is 11.4. The number of carbonyl (C=O) groups excluding carboxylic acids is 1. The van der Waals surface area contributed by atoms with Gasteiger partial charge in [-0.2, -0.15) is 0 Å². The molecule has 0 spiro atoms. The summed E-state index contributed by atoms with van der Waals surface area (Å²) >= 11 is 0. The van der Waals surface area contributed by atoms with Gasteiger partial charge in [0.2, 0.25) is 11.8 Å². The van der Waals surface area contributed by atoms with E-state index in [-0.39, 0.29) is 17.6 Å². The van der Waals surface area contributed by atoms with Gasteiger partial charge in [-0.25, -0.2) is 9.37 Å². The largest absolute Gasteiger partial charge is 0.444 e. The van der Waals surface area contributed by atoms with Crippen LogP contribution in [0.1, 0.15) is 5.69 Å². The molecule has 1 saturated heterocycles. The molecule has 3 rings (SSSR count). The number of hydrogen-bond acceptors (Lipinski definition) is 4. The van der Waals surface area contributed by atoms with Crippen LogP contribution in [0.3, 0.4) is 0 Å². The maximum Gasteiger partial charge on any atom is 0.226 e. The summed E-state index contributed by atoms with van der Waals surface area (Å²) in [6.45, 7) is 2.04. The van der Waals surface area contributed by atoms with Gasteiger partial charge in [0.15, 0.2) is 0 Å². The second kappa shape index (κ2) is 6.05. The Morgan fingerprint density at radius 1 is 1.38 bits per heavy atom. The number of oxazole rings is 1. The van der Waals surface area contributed by atoms with Crippen molar-refractivity contribution < 1.29 is 13.6 Å². The van der Waals surface area contributed by atoms with Crippen molar-refractivity contribution in [2.75, 3.05) is 19.6 Å². The van der Waals surface area contributed by atoms with E-state index in [1.807, 2.05) is 0 Å². The summed E-state index contributed by atoms with van der Waals surface area (Å²) < 4.78 is 18.2. The maximum atomic E-state index is 12.9. The fourth-order valence-electron chi connectivity index (χ4n) is 2.08. The summed E-state index contributed by atoms with van der Waals surface area (Å²) in [5.74, 6) is 0.339. The maximum absolute atomic E-state index is 12.9. The molecule has 21 heavy (non-hydrogen) atoms. The number of rotatable bonds is 5. The van der Waals surface area contributed by atoms with Crippen LogP contribution in [0.4, 0.5) is 4.39 Å². The van der Waals surface area contributed by atoms with Gasteiger partial charge in [-0.1, -0.05) is 0 Å². The van der Waals surface area contributed by atoms with Crippen molar-refractivity contribution in [1.29, 1.82) is 0 Å². The van der Waals surface area contributed by atoms with Crippen molar-refractivity contribution in [3.05, 3.63) is 42.0 Å². The van der Waals surface area contributed by atoms with Crippen LogP contribution in [-0.4, -0.2) is 30.5 Å². The highest BCUT2D eigenvalue weighted by Gasteiger charge is 2.24. The third kappa shape index (κ3) is 3.28. The number of aromatic nitrogens is 1. The Balaban J connectivity index is 1.52. The predicted molar refractivity (Wildman–Crippen MR) is 75.0 cm³/mol. The Labute approximate surface area is 121 Å². The van der Waals surface area contributed by atoms with E-state index >= 15 is 0 Å². The lowest BCUT2D eigenvalue weighted by Crippen LogP contribution is -2.51. The SMILES string of the molecule is O=C(NCCc1coc(-c2ccc(F)cc2)n1)C1CNC1. The predicted octanol–water partition coefficient (Wildman–Crippen LogP) is 1.36. The molecule has 110 valence electrons. The molecule has 0 unspecified atom stereocenters. The molecule has 1 aromatic heterocycles. The molecule has 2 N–H and O–H groups in total. The number of nitrogens with zero attached hydrogens (tertiary/aromatic N) is 1. The molecule has 1 aromatic carbocycles. The van der Waals surface area contributed by atoms with Gasteiger partial charge in [0.25, 0.3) is 0 Å². The average molecular weight is 289 g/mol. The van der Waals surface area contributed by atoms with Crippen molar-refractivity contribution in [1.82, 2.24) is 15.6 Å². The Bertz CT molecular complexity index is 620. The van der Waals surface area contributed by atoms with Crippen LogP contribution < -0.4 is 10.6 Å². The fourth-order valence-corrected chi connectivity index (χ4v) is 2.08. The number of halogens is 1. The number of carbonyl (C=O) groups is 1. The molecule has 1 amide bonds. The Morgan fingerprint density at radius 2 is 2.14 bits per heavy atom. The van der Waals surface area contributed by atoms with Gasteiger partial charge >= 0.3 is 0 Å². The first-order valence-corrected chi connectivity index (χ1v) is 6.91. The average Bonchev–Trinajstić information content (AvgIpc) is 2.86. The molecular formula is C15H16FN3O2. The van der Waals surface area contributed by atoms with Crippen molar-refractivity contribution in [2.24, 2.45) is 5.92 Å². The van der Waals surface area contributed by atoms with E-state index in [0.717, 1.165) is 24.3 Å². The summed E-state index contributed by atoms with van der Waals surface area (Å²) in [6, 6.07) is 5.98. The molecule has 2 heterocycles. The van der Waals surface area contributed by atoms with E-state index in [4.69, 9.17) is 4.42 Å². The van der Waals surface area contributed by atoms with Gasteiger partial charge in [-0.05, 0) is 24.3 Å². The quantitative estimate of drug-likeness (QED) is 0.872. The molecule has 5 nitrogen and oxygen atoms in total. The van der Waals surface area contributed by atoms with Gasteiger partial charge in [-0.15, -0.1) is 0 Å². The Morgan fingerprint density at radius 3 is 2.81 bits per heavy atom. The van der Waals surface area contributed by atoms with Gasteiger partial charge < -0.3 is 15.1 Å². The number of benzene rings is 1. The highest BCUT2D eigenvalue weighted by Crippen LogP contribution is 2.19. The smallest absolute Gasteiger partial charge is 0.226 e. The molecule has 1 aliphatic rings. The van der Waals surface area contributed by atoms with Crippen molar-refractivity contribution in [2.45, 2.75) is 6.42 Å². The standard InChI is InChI=1S/C15H16FN3O2/c16-12-3-1-10(2-4-12)15-19-13(9-21-15)5-6-18-14(20)11-7-17-8-11/h1-4,9,11,17H,5-8H2,(H,18,20). The second-order valence-electron chi connectivity index (χ2n) is 5.05. The van der Waals surface area contributed by atoms with Gasteiger partial charge in [0, 0.05) is 31.6 Å². The van der Waals surface area contributed by atoms with Crippen molar-refractivity contribution in [3.63, 3.8) is 0 Å². The third-order valence-electron chi connectivity index (χ3n) is 3.48. The first kappa shape index (κ1) is 13.8. The van der Waals surface area contributed by atoms with E-state index in [1.165, 1.54) is 12.1 Å². The second-order valence-corrected chi connectivity index (χ2v) is 5.05. The summed E-state index contributed by atoms with van der Waals surface area (Å²) in [6.07, 6.45) is 2.17. The van der Waals surface area contributed by atoms with E-state index in [1.54, 1.807) is 18.4 Å². The Kier molecular flexibility index (Phi) is 3.96.